The summed E-state index contributed by atoms with van der Waals surface area (Å²) in [5, 5.41) is 8.81. The molecule has 216 valence electrons. The van der Waals surface area contributed by atoms with Gasteiger partial charge in [0.15, 0.2) is 0 Å². The van der Waals surface area contributed by atoms with E-state index in [1.807, 2.05) is 6.92 Å². The number of anilines is 4. The summed E-state index contributed by atoms with van der Waals surface area (Å²) in [6.07, 6.45) is 1.66. The summed E-state index contributed by atoms with van der Waals surface area (Å²) >= 11 is 0. The molecule has 0 saturated heterocycles. The van der Waals surface area contributed by atoms with Crippen molar-refractivity contribution in [2.24, 2.45) is 0 Å². The summed E-state index contributed by atoms with van der Waals surface area (Å²) in [7, 11) is 1.46. The number of ether oxygens (including phenoxy) is 1. The highest BCUT2D eigenvalue weighted by Crippen LogP contribution is 2.20. The molecule has 1 aromatic heterocycles. The Balaban J connectivity index is 1.79. The minimum absolute atomic E-state index is 0.0411. The predicted molar refractivity (Wildman–Crippen MR) is 155 cm³/mol. The summed E-state index contributed by atoms with van der Waals surface area (Å²) in [5.74, 6) is 4.88. The summed E-state index contributed by atoms with van der Waals surface area (Å²) < 4.78 is 33.5. The molecule has 0 aliphatic carbocycles. The van der Waals surface area contributed by atoms with Gasteiger partial charge in [-0.2, -0.15) is 4.98 Å². The van der Waals surface area contributed by atoms with E-state index in [1.54, 1.807) is 39.8 Å². The minimum atomic E-state index is -0.853. The molecule has 0 spiro atoms. The molecule has 0 bridgehead atoms. The molecule has 0 saturated carbocycles. The van der Waals surface area contributed by atoms with Gasteiger partial charge in [-0.3, -0.25) is 9.69 Å². The van der Waals surface area contributed by atoms with Crippen molar-refractivity contribution in [3.8, 4) is 11.8 Å². The first-order valence-corrected chi connectivity index (χ1v) is 13.1. The largest absolute Gasteiger partial charge is 0.444 e. The second kappa shape index (κ2) is 13.6. The number of nitrogens with one attached hydrogen (secondary N) is 3. The average molecular weight is 565 g/mol. The number of hydrogen-bond acceptors (Lipinski definition) is 7. The van der Waals surface area contributed by atoms with E-state index < -0.39 is 35.3 Å². The maximum atomic E-state index is 14.6. The molecule has 41 heavy (non-hydrogen) atoms. The molecule has 0 radical (unpaired) electrons. The zero-order valence-electron chi connectivity index (χ0n) is 23.9. The Kier molecular flexibility index (Phi) is 10.2. The van der Waals surface area contributed by atoms with Crippen molar-refractivity contribution in [3.63, 3.8) is 0 Å². The standard InChI is InChI=1S/C30H34F2N6O3/c1-7-15-33-26-21(18-34-28(37-26)36-23-10-8-9-22(31)17-23)12-11-20-16-24(13-14-25(20)32)35-27(39)19(2)38(6)29(40)41-30(3,4)5/h8-10,13-14,16-19H,7,15H2,1-6H3,(H,35,39)(H2,33,34,36,37)/t19-/m0/s1. The fourth-order valence-corrected chi connectivity index (χ4v) is 3.36. The lowest BCUT2D eigenvalue weighted by Gasteiger charge is -2.28. The van der Waals surface area contributed by atoms with Crippen molar-refractivity contribution in [2.75, 3.05) is 29.5 Å². The molecule has 9 nitrogen and oxygen atoms in total. The summed E-state index contributed by atoms with van der Waals surface area (Å²) in [6, 6.07) is 9.06. The average Bonchev–Trinajstić information content (AvgIpc) is 2.91. The maximum Gasteiger partial charge on any atom is 0.410 e. The molecular formula is C30H34F2N6O3. The highest BCUT2D eigenvalue weighted by Gasteiger charge is 2.27. The molecule has 2 amide bonds. The van der Waals surface area contributed by atoms with Crippen LogP contribution in [0.15, 0.2) is 48.7 Å². The van der Waals surface area contributed by atoms with Crippen LogP contribution < -0.4 is 16.0 Å². The Morgan fingerprint density at radius 1 is 1.07 bits per heavy atom. The molecule has 0 aliphatic rings. The van der Waals surface area contributed by atoms with E-state index in [9.17, 15) is 18.4 Å². The third-order valence-electron chi connectivity index (χ3n) is 5.62. The van der Waals surface area contributed by atoms with Crippen molar-refractivity contribution in [1.29, 1.82) is 0 Å². The molecular weight excluding hydrogens is 530 g/mol. The van der Waals surface area contributed by atoms with E-state index in [2.05, 4.69) is 37.8 Å². The number of aromatic nitrogens is 2. The normalized spacial score (nSPS) is 11.5. The van der Waals surface area contributed by atoms with Crippen molar-refractivity contribution >= 4 is 35.1 Å². The Hall–Kier alpha value is -4.72. The van der Waals surface area contributed by atoms with Gasteiger partial charge in [-0.05, 0) is 70.5 Å². The number of halogens is 2. The van der Waals surface area contributed by atoms with Crippen LogP contribution in [0.4, 0.5) is 36.7 Å². The van der Waals surface area contributed by atoms with Gasteiger partial charge in [0.25, 0.3) is 0 Å². The van der Waals surface area contributed by atoms with Gasteiger partial charge in [-0.25, -0.2) is 18.6 Å². The number of rotatable bonds is 8. The van der Waals surface area contributed by atoms with Crippen LogP contribution in [0.5, 0.6) is 0 Å². The lowest BCUT2D eigenvalue weighted by molar-refractivity contribution is -0.120. The van der Waals surface area contributed by atoms with E-state index in [0.29, 0.717) is 29.3 Å². The lowest BCUT2D eigenvalue weighted by Crippen LogP contribution is -2.45. The van der Waals surface area contributed by atoms with Crippen LogP contribution in [0.1, 0.15) is 52.2 Å². The minimum Gasteiger partial charge on any atom is -0.444 e. The second-order valence-corrected chi connectivity index (χ2v) is 10.2. The Morgan fingerprint density at radius 3 is 2.49 bits per heavy atom. The monoisotopic (exact) mass is 564 g/mol. The molecule has 1 heterocycles. The number of likely N-dealkylation sites (N-methyl/N-ethyl adjacent to an activating group) is 1. The van der Waals surface area contributed by atoms with Gasteiger partial charge in [0.1, 0.15) is 29.1 Å². The number of amides is 2. The van der Waals surface area contributed by atoms with Gasteiger partial charge >= 0.3 is 6.09 Å². The van der Waals surface area contributed by atoms with Gasteiger partial charge in [0, 0.05) is 25.0 Å². The molecule has 0 unspecified atom stereocenters. The van der Waals surface area contributed by atoms with Crippen LogP contribution in [0.3, 0.4) is 0 Å². The van der Waals surface area contributed by atoms with E-state index in [4.69, 9.17) is 4.74 Å². The van der Waals surface area contributed by atoms with Crippen LogP contribution in [-0.2, 0) is 9.53 Å². The quantitative estimate of drug-likeness (QED) is 0.292. The smallest absolute Gasteiger partial charge is 0.410 e. The second-order valence-electron chi connectivity index (χ2n) is 10.2. The number of carbonyl (C=O) groups excluding carboxylic acids is 2. The topological polar surface area (TPSA) is 108 Å². The number of nitrogens with zero attached hydrogens (tertiary/aromatic N) is 3. The lowest BCUT2D eigenvalue weighted by atomic mass is 10.1. The molecule has 2 aromatic carbocycles. The number of carbonyl (C=O) groups is 2. The Bertz CT molecular complexity index is 1460. The summed E-state index contributed by atoms with van der Waals surface area (Å²) in [4.78, 5) is 35.0. The van der Waals surface area contributed by atoms with E-state index >= 15 is 0 Å². The molecule has 1 atom stereocenters. The van der Waals surface area contributed by atoms with Crippen LogP contribution in [0.25, 0.3) is 0 Å². The molecule has 3 rings (SSSR count). The van der Waals surface area contributed by atoms with Gasteiger partial charge < -0.3 is 20.7 Å². The molecule has 0 aliphatic heterocycles. The Labute approximate surface area is 238 Å². The van der Waals surface area contributed by atoms with Crippen LogP contribution >= 0.6 is 0 Å². The van der Waals surface area contributed by atoms with Crippen LogP contribution in [-0.4, -0.2) is 52.1 Å². The maximum absolute atomic E-state index is 14.6. The van der Waals surface area contributed by atoms with Crippen molar-refractivity contribution in [3.05, 3.63) is 71.4 Å². The molecule has 3 N–H and O–H groups in total. The van der Waals surface area contributed by atoms with E-state index in [-0.39, 0.29) is 11.5 Å². The van der Waals surface area contributed by atoms with Gasteiger partial charge in [0.05, 0.1) is 17.3 Å². The van der Waals surface area contributed by atoms with Gasteiger partial charge in [-0.15, -0.1) is 0 Å². The summed E-state index contributed by atoms with van der Waals surface area (Å²) in [6.45, 7) is 9.36. The van der Waals surface area contributed by atoms with Crippen molar-refractivity contribution < 1.29 is 23.1 Å². The zero-order valence-corrected chi connectivity index (χ0v) is 23.9. The van der Waals surface area contributed by atoms with E-state index in [0.717, 1.165) is 6.42 Å². The molecule has 11 heteroatoms. The SMILES string of the molecule is CCCNc1nc(Nc2cccc(F)c2)ncc1C#Cc1cc(NC(=O)[C@H](C)N(C)C(=O)OC(C)(C)C)ccc1F. The highest BCUT2D eigenvalue weighted by molar-refractivity contribution is 5.96. The number of benzene rings is 2. The van der Waals surface area contributed by atoms with Gasteiger partial charge in [0.2, 0.25) is 11.9 Å². The van der Waals surface area contributed by atoms with Gasteiger partial charge in [-0.1, -0.05) is 24.8 Å². The fourth-order valence-electron chi connectivity index (χ4n) is 3.36. The number of hydrogen-bond donors (Lipinski definition) is 3. The third-order valence-corrected chi connectivity index (χ3v) is 5.62. The summed E-state index contributed by atoms with van der Waals surface area (Å²) in [5.41, 5.74) is 0.545. The first-order chi connectivity index (χ1) is 19.4. The predicted octanol–water partition coefficient (Wildman–Crippen LogP) is 5.91. The highest BCUT2D eigenvalue weighted by atomic mass is 19.1. The molecule has 3 aromatic rings. The molecule has 0 fully saturated rings. The first-order valence-electron chi connectivity index (χ1n) is 13.1. The Morgan fingerprint density at radius 2 is 1.80 bits per heavy atom. The van der Waals surface area contributed by atoms with Crippen molar-refractivity contribution in [1.82, 2.24) is 14.9 Å². The first kappa shape index (κ1) is 30.8. The van der Waals surface area contributed by atoms with Crippen molar-refractivity contribution in [2.45, 2.75) is 52.7 Å². The van der Waals surface area contributed by atoms with Crippen LogP contribution in [0.2, 0.25) is 0 Å². The third kappa shape index (κ3) is 9.17. The van der Waals surface area contributed by atoms with Crippen LogP contribution in [0, 0.1) is 23.5 Å². The zero-order chi connectivity index (χ0) is 30.2. The fraction of sp³-hybridized carbons (Fsp3) is 0.333. The van der Waals surface area contributed by atoms with E-state index in [1.165, 1.54) is 48.5 Å².